The van der Waals surface area contributed by atoms with Crippen molar-refractivity contribution < 1.29 is 46.1 Å². The first kappa shape index (κ1) is 30.8. The molecule has 0 saturated carbocycles. The number of aliphatic carboxylic acids is 2. The predicted octanol–water partition coefficient (Wildman–Crippen LogP) is 5.44. The number of nitrogens with one attached hydrogen (secondary N) is 1. The molecule has 4 aromatic rings. The first-order chi connectivity index (χ1) is 18.1. The maximum atomic E-state index is 10.6. The van der Waals surface area contributed by atoms with Gasteiger partial charge in [-0.25, -0.2) is 14.6 Å². The molecule has 8 nitrogen and oxygen atoms in total. The predicted molar refractivity (Wildman–Crippen MR) is 129 cm³/mol. The van der Waals surface area contributed by atoms with E-state index in [4.69, 9.17) is 25.5 Å². The summed E-state index contributed by atoms with van der Waals surface area (Å²) in [5.74, 6) is -4.69. The molecule has 0 unspecified atom stereocenters. The first-order valence-electron chi connectivity index (χ1n) is 10.9. The lowest BCUT2D eigenvalue weighted by molar-refractivity contribution is -0.193. The molecule has 2 heterocycles. The Balaban J connectivity index is 0.000000317. The van der Waals surface area contributed by atoms with Crippen molar-refractivity contribution in [1.29, 1.82) is 0 Å². The number of carbonyl (C=O) groups is 2. The number of aromatic amines is 1. The van der Waals surface area contributed by atoms with Crippen LogP contribution in [0.1, 0.15) is 23.0 Å². The van der Waals surface area contributed by atoms with E-state index in [0.29, 0.717) is 0 Å². The number of rotatable bonds is 4. The van der Waals surface area contributed by atoms with Gasteiger partial charge in [-0.15, -0.1) is 0 Å². The van der Waals surface area contributed by atoms with Crippen LogP contribution < -0.4 is 5.73 Å². The van der Waals surface area contributed by atoms with E-state index in [1.54, 1.807) is 12.4 Å². The molecule has 0 spiro atoms. The second-order valence-corrected chi connectivity index (χ2v) is 8.00. The van der Waals surface area contributed by atoms with Gasteiger partial charge in [0.05, 0.1) is 17.1 Å². The smallest absolute Gasteiger partial charge is 0.475 e. The molecule has 1 atom stereocenters. The number of carboxylic acid groups (broad SMARTS) is 2. The van der Waals surface area contributed by atoms with Crippen LogP contribution in [-0.2, 0) is 16.0 Å². The van der Waals surface area contributed by atoms with Crippen molar-refractivity contribution >= 4 is 23.0 Å². The molecule has 0 aliphatic rings. The Morgan fingerprint density at radius 3 is 1.97 bits per heavy atom. The number of aryl methyl sites for hydroxylation is 1. The van der Waals surface area contributed by atoms with Crippen LogP contribution in [0.15, 0.2) is 67.0 Å². The fourth-order valence-corrected chi connectivity index (χ4v) is 3.12. The third-order valence-corrected chi connectivity index (χ3v) is 4.89. The Bertz CT molecular complexity index is 1380. The SMILES string of the molecule is Cc1cccc(C[C@H](N)c2nc3ccc(-c4ccncc4)cc3[nH]2)c1.O=C(O)C(F)(F)F.O=C(O)C(F)(F)F. The van der Waals surface area contributed by atoms with Crippen LogP contribution in [0, 0.1) is 6.92 Å². The van der Waals surface area contributed by atoms with Crippen LogP contribution in [0.3, 0.4) is 0 Å². The fraction of sp³-hybridized carbons (Fsp3) is 0.200. The van der Waals surface area contributed by atoms with Crippen LogP contribution in [-0.4, -0.2) is 49.5 Å². The van der Waals surface area contributed by atoms with Crippen LogP contribution in [0.5, 0.6) is 0 Å². The molecular weight excluding hydrogens is 534 g/mol. The number of fused-ring (bicyclic) bond motifs is 1. The van der Waals surface area contributed by atoms with Gasteiger partial charge in [0.2, 0.25) is 0 Å². The number of carboxylic acids is 2. The summed E-state index contributed by atoms with van der Waals surface area (Å²) in [5.41, 5.74) is 13.1. The summed E-state index contributed by atoms with van der Waals surface area (Å²) >= 11 is 0. The van der Waals surface area contributed by atoms with Crippen LogP contribution in [0.25, 0.3) is 22.2 Å². The number of pyridine rings is 1. The van der Waals surface area contributed by atoms with Crippen LogP contribution in [0.4, 0.5) is 26.3 Å². The highest BCUT2D eigenvalue weighted by atomic mass is 19.4. The van der Waals surface area contributed by atoms with Gasteiger partial charge in [-0.2, -0.15) is 26.3 Å². The Morgan fingerprint density at radius 1 is 0.897 bits per heavy atom. The van der Waals surface area contributed by atoms with E-state index in [0.717, 1.165) is 34.4 Å². The third-order valence-electron chi connectivity index (χ3n) is 4.89. The number of benzene rings is 2. The van der Waals surface area contributed by atoms with Crippen molar-refractivity contribution in [2.45, 2.75) is 31.7 Å². The van der Waals surface area contributed by atoms with Gasteiger partial charge in [0.15, 0.2) is 0 Å². The molecule has 39 heavy (non-hydrogen) atoms. The van der Waals surface area contributed by atoms with Crippen molar-refractivity contribution in [3.8, 4) is 11.1 Å². The molecule has 4 rings (SSSR count). The van der Waals surface area contributed by atoms with E-state index in [1.807, 2.05) is 18.2 Å². The molecule has 0 amide bonds. The van der Waals surface area contributed by atoms with Crippen molar-refractivity contribution in [3.63, 3.8) is 0 Å². The lowest BCUT2D eigenvalue weighted by Gasteiger charge is -2.09. The molecule has 2 aromatic heterocycles. The van der Waals surface area contributed by atoms with Gasteiger partial charge in [-0.1, -0.05) is 35.9 Å². The van der Waals surface area contributed by atoms with Gasteiger partial charge in [0, 0.05) is 12.4 Å². The standard InChI is InChI=1S/C21H20N4.2C2HF3O2/c1-14-3-2-4-15(11-14)12-18(22)21-24-19-6-5-17(13-20(19)25-21)16-7-9-23-10-8-16;2*3-2(4,5)1(6)7/h2-11,13,18H,12,22H2,1H3,(H,24,25);2*(H,6,7)/t18-;;/m0../s1. The van der Waals surface area contributed by atoms with E-state index < -0.39 is 24.3 Å². The van der Waals surface area contributed by atoms with Crippen molar-refractivity contribution in [2.24, 2.45) is 5.73 Å². The van der Waals surface area contributed by atoms with Gasteiger partial charge < -0.3 is 20.9 Å². The Labute approximate surface area is 217 Å². The molecule has 14 heteroatoms. The van der Waals surface area contributed by atoms with Gasteiger partial charge in [-0.05, 0) is 54.3 Å². The number of imidazole rings is 1. The maximum Gasteiger partial charge on any atom is 0.490 e. The molecule has 0 aliphatic heterocycles. The van der Waals surface area contributed by atoms with E-state index in [2.05, 4.69) is 58.3 Å². The zero-order valence-corrected chi connectivity index (χ0v) is 20.1. The maximum absolute atomic E-state index is 10.6. The number of aromatic nitrogens is 3. The molecule has 0 saturated heterocycles. The summed E-state index contributed by atoms with van der Waals surface area (Å²) < 4.78 is 63.5. The summed E-state index contributed by atoms with van der Waals surface area (Å²) in [6.07, 6.45) is -5.80. The summed E-state index contributed by atoms with van der Waals surface area (Å²) in [4.78, 5) is 29.9. The Hall–Kier alpha value is -4.46. The Morgan fingerprint density at radius 2 is 1.46 bits per heavy atom. The zero-order valence-electron chi connectivity index (χ0n) is 20.1. The number of hydrogen-bond donors (Lipinski definition) is 4. The van der Waals surface area contributed by atoms with E-state index >= 15 is 0 Å². The molecule has 5 N–H and O–H groups in total. The summed E-state index contributed by atoms with van der Waals surface area (Å²) in [7, 11) is 0. The van der Waals surface area contributed by atoms with E-state index in [-0.39, 0.29) is 6.04 Å². The molecule has 0 fully saturated rings. The van der Waals surface area contributed by atoms with E-state index in [1.165, 1.54) is 11.1 Å². The number of alkyl halides is 6. The topological polar surface area (TPSA) is 142 Å². The minimum atomic E-state index is -5.08. The van der Waals surface area contributed by atoms with Crippen LogP contribution in [0.2, 0.25) is 0 Å². The zero-order chi connectivity index (χ0) is 29.4. The van der Waals surface area contributed by atoms with Gasteiger partial charge >= 0.3 is 24.3 Å². The highest BCUT2D eigenvalue weighted by molar-refractivity contribution is 5.82. The van der Waals surface area contributed by atoms with Gasteiger partial charge in [0.1, 0.15) is 5.82 Å². The number of halogens is 6. The number of nitrogens with zero attached hydrogens (tertiary/aromatic N) is 2. The normalized spacial score (nSPS) is 12.0. The lowest BCUT2D eigenvalue weighted by atomic mass is 10.0. The Kier molecular flexibility index (Phi) is 10.1. The number of nitrogens with two attached hydrogens (primary N) is 1. The minimum absolute atomic E-state index is 0.154. The van der Waals surface area contributed by atoms with Crippen LogP contribution >= 0.6 is 0 Å². The summed E-state index contributed by atoms with van der Waals surface area (Å²) in [6.45, 7) is 2.09. The van der Waals surface area contributed by atoms with E-state index in [9.17, 15) is 26.3 Å². The molecule has 0 aliphatic carbocycles. The summed E-state index contributed by atoms with van der Waals surface area (Å²) in [5, 5.41) is 14.2. The van der Waals surface area contributed by atoms with Crippen molar-refractivity contribution in [3.05, 3.63) is 83.9 Å². The third kappa shape index (κ3) is 9.74. The fourth-order valence-electron chi connectivity index (χ4n) is 3.12. The number of hydrogen-bond acceptors (Lipinski definition) is 5. The molecule has 2 aromatic carbocycles. The first-order valence-corrected chi connectivity index (χ1v) is 10.9. The summed E-state index contributed by atoms with van der Waals surface area (Å²) in [6, 6.07) is 18.5. The highest BCUT2D eigenvalue weighted by Gasteiger charge is 2.38. The monoisotopic (exact) mass is 556 g/mol. The van der Waals surface area contributed by atoms with Crippen molar-refractivity contribution in [2.75, 3.05) is 0 Å². The van der Waals surface area contributed by atoms with Crippen molar-refractivity contribution in [1.82, 2.24) is 15.0 Å². The second-order valence-electron chi connectivity index (χ2n) is 8.00. The molecule has 0 bridgehead atoms. The minimum Gasteiger partial charge on any atom is -0.475 e. The lowest BCUT2D eigenvalue weighted by Crippen LogP contribution is -2.21. The van der Waals surface area contributed by atoms with Gasteiger partial charge in [-0.3, -0.25) is 4.98 Å². The molecular formula is C25H22F6N4O4. The second kappa shape index (κ2) is 12.9. The molecule has 0 radical (unpaired) electrons. The highest BCUT2D eigenvalue weighted by Crippen LogP contribution is 2.24. The quantitative estimate of drug-likeness (QED) is 0.245. The van der Waals surface area contributed by atoms with Gasteiger partial charge in [0.25, 0.3) is 0 Å². The molecule has 208 valence electrons. The largest absolute Gasteiger partial charge is 0.490 e. The average Bonchev–Trinajstić information content (AvgIpc) is 3.28. The number of H-pyrrole nitrogens is 1. The average molecular weight is 556 g/mol.